The molecule has 65 heavy (non-hydrogen) atoms. The number of amides is 6. The van der Waals surface area contributed by atoms with Gasteiger partial charge in [-0.1, -0.05) is 124 Å². The second-order valence-corrected chi connectivity index (χ2v) is 19.3. The highest BCUT2D eigenvalue weighted by Gasteiger charge is 2.40. The van der Waals surface area contributed by atoms with Crippen LogP contribution in [0.5, 0.6) is 0 Å². The van der Waals surface area contributed by atoms with Gasteiger partial charge >= 0.3 is 5.97 Å². The lowest BCUT2D eigenvalue weighted by atomic mass is 9.94. The third-order valence-corrected chi connectivity index (χ3v) is 12.5. The van der Waals surface area contributed by atoms with E-state index in [1.165, 1.54) is 42.8 Å². The Morgan fingerprint density at radius 1 is 0.631 bits per heavy atom. The third-order valence-electron chi connectivity index (χ3n) is 12.5. The maximum atomic E-state index is 14.8. The van der Waals surface area contributed by atoms with Crippen molar-refractivity contribution in [2.75, 3.05) is 21.1 Å². The maximum Gasteiger partial charge on any atom is 0.329 e. The van der Waals surface area contributed by atoms with E-state index < -0.39 is 83.8 Å². The van der Waals surface area contributed by atoms with Crippen LogP contribution in [0.25, 0.3) is 0 Å². The number of likely N-dealkylation sites (N-methyl/N-ethyl adjacent to an activating group) is 3. The van der Waals surface area contributed by atoms with Crippen molar-refractivity contribution in [2.24, 2.45) is 23.7 Å². The SMILES string of the molecule is CCCC[C@@H](C)C[C@@H]1NC(=O)[C@H](Cc2ccccc2)N(C)C(=O)[C@H](CC(C)C)NC(=O)[C@H](CC(C)C)N(C)C(=O)[C@H](C[C@H](C)CCCC)NC(=O)[C@@H](CCC#N)OC(=O)[C@H](C)N(C)C1=O. The normalized spacial score (nSPS) is 24.8. The zero-order valence-corrected chi connectivity index (χ0v) is 41.5. The van der Waals surface area contributed by atoms with Gasteiger partial charge in [0.05, 0.1) is 6.07 Å². The number of unbranched alkanes of at least 4 members (excludes halogenated alkanes) is 2. The number of hydrogen-bond acceptors (Lipinski definition) is 9. The van der Waals surface area contributed by atoms with Gasteiger partial charge in [-0.15, -0.1) is 0 Å². The highest BCUT2D eigenvalue weighted by Crippen LogP contribution is 2.22. The molecule has 0 aliphatic carbocycles. The summed E-state index contributed by atoms with van der Waals surface area (Å²) in [4.78, 5) is 105. The molecule has 1 fully saturated rings. The minimum absolute atomic E-state index is 0.0109. The van der Waals surface area contributed by atoms with Crippen molar-refractivity contribution in [1.29, 1.82) is 5.26 Å². The second kappa shape index (κ2) is 28.1. The molecule has 2 rings (SSSR count). The quantitative estimate of drug-likeness (QED) is 0.149. The Bertz CT molecular complexity index is 1750. The van der Waals surface area contributed by atoms with Gasteiger partial charge in [0, 0.05) is 40.4 Å². The molecular formula is C50H81N7O8. The molecule has 15 nitrogen and oxygen atoms in total. The summed E-state index contributed by atoms with van der Waals surface area (Å²) in [5, 5.41) is 18.3. The Kier molecular flexibility index (Phi) is 24.3. The number of ether oxygens (including phenoxy) is 1. The lowest BCUT2D eigenvalue weighted by Crippen LogP contribution is -2.60. The van der Waals surface area contributed by atoms with Crippen molar-refractivity contribution < 1.29 is 38.3 Å². The summed E-state index contributed by atoms with van der Waals surface area (Å²) in [5.74, 6) is -4.65. The molecule has 15 heteroatoms. The molecule has 6 amide bonds. The second-order valence-electron chi connectivity index (χ2n) is 19.3. The number of nitrogens with one attached hydrogen (secondary N) is 3. The number of benzene rings is 1. The molecule has 0 unspecified atom stereocenters. The first-order valence-electron chi connectivity index (χ1n) is 24.0. The molecule has 1 aliphatic heterocycles. The van der Waals surface area contributed by atoms with Gasteiger partial charge in [0.25, 0.3) is 5.91 Å². The van der Waals surface area contributed by atoms with Crippen molar-refractivity contribution in [2.45, 2.75) is 188 Å². The largest absolute Gasteiger partial charge is 0.451 e. The number of nitriles is 1. The van der Waals surface area contributed by atoms with Crippen LogP contribution in [-0.2, 0) is 44.7 Å². The van der Waals surface area contributed by atoms with Crippen LogP contribution in [0, 0.1) is 35.0 Å². The van der Waals surface area contributed by atoms with E-state index in [2.05, 4.69) is 29.8 Å². The molecule has 1 aromatic rings. The molecule has 0 spiro atoms. The van der Waals surface area contributed by atoms with Gasteiger partial charge in [0.15, 0.2) is 6.10 Å². The fourth-order valence-electron chi connectivity index (χ4n) is 8.28. The van der Waals surface area contributed by atoms with Crippen LogP contribution in [0.3, 0.4) is 0 Å². The predicted octanol–water partition coefficient (Wildman–Crippen LogP) is 5.94. The Hall–Kier alpha value is -5.00. The summed E-state index contributed by atoms with van der Waals surface area (Å²) in [5.41, 5.74) is 0.764. The van der Waals surface area contributed by atoms with Crippen molar-refractivity contribution in [3.05, 3.63) is 35.9 Å². The van der Waals surface area contributed by atoms with Crippen LogP contribution in [0.1, 0.15) is 145 Å². The Balaban J connectivity index is 2.90. The molecule has 364 valence electrons. The molecule has 1 aliphatic rings. The van der Waals surface area contributed by atoms with E-state index >= 15 is 0 Å². The van der Waals surface area contributed by atoms with Crippen molar-refractivity contribution in [3.63, 3.8) is 0 Å². The molecule has 0 saturated carbocycles. The zero-order chi connectivity index (χ0) is 49.0. The summed E-state index contributed by atoms with van der Waals surface area (Å²) in [6.45, 7) is 17.3. The number of esters is 1. The molecule has 0 radical (unpaired) electrons. The lowest BCUT2D eigenvalue weighted by molar-refractivity contribution is -0.163. The van der Waals surface area contributed by atoms with Crippen molar-refractivity contribution in [1.82, 2.24) is 30.7 Å². The summed E-state index contributed by atoms with van der Waals surface area (Å²) in [7, 11) is 4.45. The van der Waals surface area contributed by atoms with Crippen molar-refractivity contribution in [3.8, 4) is 6.07 Å². The van der Waals surface area contributed by atoms with Crippen LogP contribution in [-0.4, -0.2) is 120 Å². The number of rotatable bonds is 18. The average Bonchev–Trinajstić information content (AvgIpc) is 3.26. The Morgan fingerprint density at radius 3 is 1.55 bits per heavy atom. The van der Waals surface area contributed by atoms with Gasteiger partial charge in [0.1, 0.15) is 36.3 Å². The van der Waals surface area contributed by atoms with Crippen molar-refractivity contribution >= 4 is 41.4 Å². The van der Waals surface area contributed by atoms with Gasteiger partial charge < -0.3 is 35.4 Å². The number of cyclic esters (lactones) is 1. The van der Waals surface area contributed by atoms with E-state index in [0.29, 0.717) is 0 Å². The smallest absolute Gasteiger partial charge is 0.329 e. The summed E-state index contributed by atoms with van der Waals surface area (Å²) >= 11 is 0. The van der Waals surface area contributed by atoms with Crippen LogP contribution in [0.15, 0.2) is 30.3 Å². The van der Waals surface area contributed by atoms with Crippen LogP contribution < -0.4 is 16.0 Å². The molecule has 1 saturated heterocycles. The minimum Gasteiger partial charge on any atom is -0.451 e. The molecule has 1 heterocycles. The van der Waals surface area contributed by atoms with Gasteiger partial charge in [-0.05, 0) is 61.8 Å². The minimum atomic E-state index is -1.48. The first kappa shape index (κ1) is 56.1. The number of carbonyl (C=O) groups excluding carboxylic acids is 7. The first-order valence-corrected chi connectivity index (χ1v) is 24.0. The van der Waals surface area contributed by atoms with Gasteiger partial charge in [-0.25, -0.2) is 4.79 Å². The van der Waals surface area contributed by atoms with Crippen LogP contribution in [0.2, 0.25) is 0 Å². The van der Waals surface area contributed by atoms with Crippen LogP contribution >= 0.6 is 0 Å². The average molecular weight is 908 g/mol. The van der Waals surface area contributed by atoms with E-state index in [1.54, 1.807) is 0 Å². The molecule has 9 atom stereocenters. The fourth-order valence-corrected chi connectivity index (χ4v) is 8.28. The van der Waals surface area contributed by atoms with E-state index in [4.69, 9.17) is 4.74 Å². The van der Waals surface area contributed by atoms with Gasteiger partial charge in [0.2, 0.25) is 29.5 Å². The molecule has 0 bridgehead atoms. The van der Waals surface area contributed by atoms with E-state index in [-0.39, 0.29) is 68.6 Å². The Morgan fingerprint density at radius 2 is 1.08 bits per heavy atom. The highest BCUT2D eigenvalue weighted by atomic mass is 16.5. The summed E-state index contributed by atoms with van der Waals surface area (Å²) in [6.07, 6.45) is 4.42. The number of hydrogen-bond donors (Lipinski definition) is 3. The fraction of sp³-hybridized carbons (Fsp3) is 0.720. The third kappa shape index (κ3) is 18.1. The molecule has 1 aromatic carbocycles. The highest BCUT2D eigenvalue weighted by molar-refractivity contribution is 5.97. The topological polar surface area (TPSA) is 198 Å². The van der Waals surface area contributed by atoms with E-state index in [9.17, 15) is 38.8 Å². The summed E-state index contributed by atoms with van der Waals surface area (Å²) < 4.78 is 5.79. The lowest BCUT2D eigenvalue weighted by Gasteiger charge is -2.35. The maximum absolute atomic E-state index is 14.8. The Labute approximate surface area is 389 Å². The standard InChI is InChI=1S/C50H81N7O8/c1-13-15-21-34(7)29-39-47(61)55(10)36(9)50(64)65-43(25-20-26-51)46(60)54-40(30-35(8)22-16-14-2)49(63)56(11)41(28-33(5)6)44(58)52-38(27-32(3)4)48(62)57(12)42(45(59)53-39)31-37-23-18-17-19-24-37/h17-19,23-24,32-36,38-43H,13-16,20-22,25,27-31H2,1-12H3,(H,52,58)(H,53,59)(H,54,60)/t34-,35-,36+,38+,39+,40+,41+,42+,43-/m1/s1. The molecule has 3 N–H and O–H groups in total. The van der Waals surface area contributed by atoms with E-state index in [0.717, 1.165) is 44.1 Å². The molecular weight excluding hydrogens is 827 g/mol. The summed E-state index contributed by atoms with van der Waals surface area (Å²) in [6, 6.07) is 4.47. The van der Waals surface area contributed by atoms with Gasteiger partial charge in [-0.3, -0.25) is 28.8 Å². The monoisotopic (exact) mass is 908 g/mol. The van der Waals surface area contributed by atoms with Gasteiger partial charge in [-0.2, -0.15) is 5.26 Å². The van der Waals surface area contributed by atoms with Crippen LogP contribution in [0.4, 0.5) is 0 Å². The zero-order valence-electron chi connectivity index (χ0n) is 41.5. The molecule has 0 aromatic heterocycles. The predicted molar refractivity (Wildman–Crippen MR) is 252 cm³/mol. The number of carbonyl (C=O) groups is 7. The van der Waals surface area contributed by atoms with E-state index in [1.807, 2.05) is 77.9 Å². The number of nitrogens with zero attached hydrogens (tertiary/aromatic N) is 4. The first-order chi connectivity index (χ1) is 30.7.